The largest absolute Gasteiger partial charge is 0.497 e. The molecule has 0 aliphatic heterocycles. The van der Waals surface area contributed by atoms with Gasteiger partial charge in [-0.1, -0.05) is 18.2 Å². The quantitative estimate of drug-likeness (QED) is 0.755. The number of hydrogen-bond donors (Lipinski definition) is 0. The van der Waals surface area contributed by atoms with E-state index in [0.29, 0.717) is 11.5 Å². The molecule has 25 heavy (non-hydrogen) atoms. The van der Waals surface area contributed by atoms with E-state index in [1.165, 1.54) is 38.2 Å². The molecule has 0 bridgehead atoms. The minimum atomic E-state index is -0.935. The maximum Gasteiger partial charge on any atom is 0.339 e. The molecule has 0 saturated heterocycles. The Morgan fingerprint density at radius 1 is 0.960 bits per heavy atom. The molecule has 132 valence electrons. The number of hydrogen-bond acceptors (Lipinski definition) is 5. The highest BCUT2D eigenvalue weighted by atomic mass is 16.5. The topological polar surface area (TPSA) is 65.1 Å². The lowest BCUT2D eigenvalue weighted by Gasteiger charge is -2.21. The molecule has 0 N–H and O–H groups in total. The normalized spacial score (nSPS) is 11.4. The summed E-state index contributed by atoms with van der Waals surface area (Å²) in [5.74, 6) is -0.0210. The number of benzene rings is 2. The van der Waals surface area contributed by atoms with Crippen LogP contribution in [0, 0.1) is 0 Å². The smallest absolute Gasteiger partial charge is 0.339 e. The van der Waals surface area contributed by atoms with E-state index in [1.807, 2.05) is 18.2 Å². The monoisotopic (exact) mass is 343 g/mol. The van der Waals surface area contributed by atoms with Crippen LogP contribution in [0.1, 0.15) is 17.3 Å². The summed E-state index contributed by atoms with van der Waals surface area (Å²) in [6.07, 6.45) is -0.935. The second-order valence-electron chi connectivity index (χ2n) is 5.38. The van der Waals surface area contributed by atoms with Crippen molar-refractivity contribution in [3.8, 4) is 11.5 Å². The predicted molar refractivity (Wildman–Crippen MR) is 94.3 cm³/mol. The molecule has 2 rings (SSSR count). The van der Waals surface area contributed by atoms with Crippen LogP contribution in [0.15, 0.2) is 48.5 Å². The number of nitrogens with zero attached hydrogens (tertiary/aromatic N) is 1. The van der Waals surface area contributed by atoms with Crippen LogP contribution in [0.3, 0.4) is 0 Å². The van der Waals surface area contributed by atoms with Gasteiger partial charge >= 0.3 is 5.97 Å². The number of esters is 1. The maximum absolute atomic E-state index is 12.5. The molecule has 0 unspecified atom stereocenters. The van der Waals surface area contributed by atoms with Crippen LogP contribution in [-0.2, 0) is 9.53 Å². The highest BCUT2D eigenvalue weighted by Gasteiger charge is 2.23. The van der Waals surface area contributed by atoms with E-state index in [2.05, 4.69) is 0 Å². The van der Waals surface area contributed by atoms with E-state index in [1.54, 1.807) is 25.2 Å². The molecule has 2 aromatic carbocycles. The van der Waals surface area contributed by atoms with Crippen molar-refractivity contribution in [3.05, 3.63) is 54.1 Å². The van der Waals surface area contributed by atoms with Crippen molar-refractivity contribution in [2.75, 3.05) is 26.2 Å². The Morgan fingerprint density at radius 2 is 1.52 bits per heavy atom. The fourth-order valence-corrected chi connectivity index (χ4v) is 2.26. The second-order valence-corrected chi connectivity index (χ2v) is 5.38. The summed E-state index contributed by atoms with van der Waals surface area (Å²) in [5, 5.41) is 0. The van der Waals surface area contributed by atoms with E-state index in [-0.39, 0.29) is 11.5 Å². The van der Waals surface area contributed by atoms with Crippen molar-refractivity contribution < 1.29 is 23.8 Å². The first-order valence-corrected chi connectivity index (χ1v) is 7.73. The zero-order valence-electron chi connectivity index (χ0n) is 14.7. The van der Waals surface area contributed by atoms with Crippen molar-refractivity contribution in [3.63, 3.8) is 0 Å². The number of amides is 1. The molecule has 2 aromatic rings. The van der Waals surface area contributed by atoms with Crippen molar-refractivity contribution >= 4 is 17.6 Å². The van der Waals surface area contributed by atoms with Gasteiger partial charge in [-0.2, -0.15) is 0 Å². The minimum Gasteiger partial charge on any atom is -0.497 e. The van der Waals surface area contributed by atoms with Crippen molar-refractivity contribution in [2.24, 2.45) is 0 Å². The third-order valence-electron chi connectivity index (χ3n) is 3.69. The Balaban J connectivity index is 2.10. The van der Waals surface area contributed by atoms with Crippen molar-refractivity contribution in [2.45, 2.75) is 13.0 Å². The summed E-state index contributed by atoms with van der Waals surface area (Å²) in [5.41, 5.74) is 0.969. The zero-order chi connectivity index (χ0) is 18.4. The SMILES string of the molecule is COc1cc(OC)cc(C(=O)O[C@H](C)C(=O)N(C)c2ccccc2)c1. The number of methoxy groups -OCH3 is 2. The Morgan fingerprint density at radius 3 is 2.04 bits per heavy atom. The predicted octanol–water partition coefficient (Wildman–Crippen LogP) is 2.91. The number of carbonyl (C=O) groups excluding carboxylic acids is 2. The number of rotatable bonds is 6. The van der Waals surface area contributed by atoms with E-state index < -0.39 is 12.1 Å². The van der Waals surface area contributed by atoms with Gasteiger partial charge in [0, 0.05) is 18.8 Å². The van der Waals surface area contributed by atoms with Gasteiger partial charge in [-0.25, -0.2) is 4.79 Å². The van der Waals surface area contributed by atoms with Gasteiger partial charge in [0.1, 0.15) is 11.5 Å². The molecule has 0 fully saturated rings. The molecular formula is C19H21NO5. The fourth-order valence-electron chi connectivity index (χ4n) is 2.26. The Bertz CT molecular complexity index is 722. The van der Waals surface area contributed by atoms with Crippen LogP contribution < -0.4 is 14.4 Å². The average Bonchev–Trinajstić information content (AvgIpc) is 2.66. The fraction of sp³-hybridized carbons (Fsp3) is 0.263. The van der Waals surface area contributed by atoms with Crippen LogP contribution >= 0.6 is 0 Å². The van der Waals surface area contributed by atoms with Gasteiger partial charge in [-0.15, -0.1) is 0 Å². The molecule has 0 aliphatic rings. The maximum atomic E-state index is 12.5. The van der Waals surface area contributed by atoms with Crippen molar-refractivity contribution in [1.82, 2.24) is 0 Å². The molecule has 0 aromatic heterocycles. The van der Waals surface area contributed by atoms with Crippen LogP contribution in [0.5, 0.6) is 11.5 Å². The molecular weight excluding hydrogens is 322 g/mol. The lowest BCUT2D eigenvalue weighted by molar-refractivity contribution is -0.126. The first-order chi connectivity index (χ1) is 12.0. The van der Waals surface area contributed by atoms with Crippen molar-refractivity contribution in [1.29, 1.82) is 0 Å². The number of ether oxygens (including phenoxy) is 3. The molecule has 0 spiro atoms. The summed E-state index contributed by atoms with van der Waals surface area (Å²) >= 11 is 0. The van der Waals surface area contributed by atoms with Gasteiger partial charge in [0.2, 0.25) is 0 Å². The van der Waals surface area contributed by atoms with E-state index >= 15 is 0 Å². The van der Waals surface area contributed by atoms with Gasteiger partial charge in [-0.3, -0.25) is 4.79 Å². The third-order valence-corrected chi connectivity index (χ3v) is 3.69. The highest BCUT2D eigenvalue weighted by Crippen LogP contribution is 2.23. The summed E-state index contributed by atoms with van der Waals surface area (Å²) in [7, 11) is 4.62. The summed E-state index contributed by atoms with van der Waals surface area (Å²) < 4.78 is 15.6. The van der Waals surface area contributed by atoms with Crippen LogP contribution in [0.2, 0.25) is 0 Å². The molecule has 0 aliphatic carbocycles. The number of para-hydroxylation sites is 1. The molecule has 6 nitrogen and oxygen atoms in total. The molecule has 1 atom stereocenters. The molecule has 0 saturated carbocycles. The van der Waals surface area contributed by atoms with E-state index in [4.69, 9.17) is 14.2 Å². The van der Waals surface area contributed by atoms with Gasteiger partial charge in [-0.05, 0) is 31.2 Å². The highest BCUT2D eigenvalue weighted by molar-refractivity contribution is 5.98. The first-order valence-electron chi connectivity index (χ1n) is 7.73. The summed E-state index contributed by atoms with van der Waals surface area (Å²) in [4.78, 5) is 26.3. The lowest BCUT2D eigenvalue weighted by Crippen LogP contribution is -2.37. The van der Waals surface area contributed by atoms with Crippen LogP contribution in [0.25, 0.3) is 0 Å². The van der Waals surface area contributed by atoms with Gasteiger partial charge in [0.05, 0.1) is 19.8 Å². The number of likely N-dealkylation sites (N-methyl/N-ethyl adjacent to an activating group) is 1. The van der Waals surface area contributed by atoms with Crippen LogP contribution in [0.4, 0.5) is 5.69 Å². The van der Waals surface area contributed by atoms with Gasteiger partial charge in [0.25, 0.3) is 5.91 Å². The Labute approximate surface area is 146 Å². The minimum absolute atomic E-state index is 0.248. The summed E-state index contributed by atoms with van der Waals surface area (Å²) in [6, 6.07) is 13.8. The van der Waals surface area contributed by atoms with E-state index in [9.17, 15) is 9.59 Å². The number of anilines is 1. The molecule has 0 heterocycles. The van der Waals surface area contributed by atoms with Gasteiger partial charge in [0.15, 0.2) is 6.10 Å². The molecule has 1 amide bonds. The second kappa shape index (κ2) is 8.19. The van der Waals surface area contributed by atoms with E-state index in [0.717, 1.165) is 5.69 Å². The molecule has 6 heteroatoms. The lowest BCUT2D eigenvalue weighted by atomic mass is 10.2. The molecule has 0 radical (unpaired) electrons. The Hall–Kier alpha value is -3.02. The van der Waals surface area contributed by atoms with Crippen LogP contribution in [-0.4, -0.2) is 39.2 Å². The zero-order valence-corrected chi connectivity index (χ0v) is 14.7. The first kappa shape index (κ1) is 18.3. The third kappa shape index (κ3) is 4.50. The number of carbonyl (C=O) groups is 2. The van der Waals surface area contributed by atoms with Gasteiger partial charge < -0.3 is 19.1 Å². The standard InChI is InChI=1S/C19H21NO5/c1-13(18(21)20(2)15-8-6-5-7-9-15)25-19(22)14-10-16(23-3)12-17(11-14)24-4/h5-13H,1-4H3/t13-/m1/s1. The average molecular weight is 343 g/mol. The summed E-state index contributed by atoms with van der Waals surface area (Å²) in [6.45, 7) is 1.54. The Kier molecular flexibility index (Phi) is 6.00.